The fourth-order valence-corrected chi connectivity index (χ4v) is 2.32. The van der Waals surface area contributed by atoms with E-state index in [0.29, 0.717) is 10.8 Å². The first kappa shape index (κ1) is 13.0. The molecule has 0 radical (unpaired) electrons. The van der Waals surface area contributed by atoms with Crippen molar-refractivity contribution in [1.82, 2.24) is 0 Å². The molecule has 0 saturated carbocycles. The Morgan fingerprint density at radius 1 is 1.27 bits per heavy atom. The van der Waals surface area contributed by atoms with Crippen LogP contribution in [0.4, 0.5) is 8.78 Å². The van der Waals surface area contributed by atoms with Crippen LogP contribution in [-0.2, 0) is 5.75 Å². The summed E-state index contributed by atoms with van der Waals surface area (Å²) in [6.45, 7) is 0. The number of hydrogen-bond donors (Lipinski definition) is 0. The maximum atomic E-state index is 12.0. The van der Waals surface area contributed by atoms with Crippen LogP contribution in [0.5, 0.6) is 0 Å². The number of benzene rings is 1. The fraction of sp³-hybridized carbons (Fsp3) is 0.200. The van der Waals surface area contributed by atoms with Crippen molar-refractivity contribution in [2.45, 2.75) is 5.75 Å². The molecule has 0 fully saturated rings. The highest BCUT2D eigenvalue weighted by Gasteiger charge is 2.02. The maximum absolute atomic E-state index is 12.0. The van der Waals surface area contributed by atoms with E-state index in [2.05, 4.69) is 15.9 Å². The zero-order valence-electron chi connectivity index (χ0n) is 7.64. The maximum Gasteiger partial charge on any atom is 0.281 e. The summed E-state index contributed by atoms with van der Waals surface area (Å²) < 4.78 is 24.0. The van der Waals surface area contributed by atoms with Crippen molar-refractivity contribution < 1.29 is 8.78 Å². The molecule has 1 rings (SSSR count). The Balaban J connectivity index is 2.38. The molecular weight excluding hydrogens is 306 g/mol. The number of rotatable bonds is 4. The number of thioether (sulfide) groups is 1. The minimum absolute atomic E-state index is 0.0403. The van der Waals surface area contributed by atoms with Gasteiger partial charge in [-0.2, -0.15) is 20.5 Å². The van der Waals surface area contributed by atoms with Crippen molar-refractivity contribution >= 4 is 39.3 Å². The molecule has 0 unspecified atom stereocenters. The Labute approximate surface area is 105 Å². The highest BCUT2D eigenvalue weighted by molar-refractivity contribution is 9.11. The SMILES string of the molecule is FC(F)=C(Br)CSCc1ccc(Cl)cc1. The van der Waals surface area contributed by atoms with Gasteiger partial charge in [-0.15, -0.1) is 0 Å². The first-order chi connectivity index (χ1) is 7.09. The van der Waals surface area contributed by atoms with Crippen LogP contribution in [0.2, 0.25) is 5.02 Å². The molecule has 0 atom stereocenters. The van der Waals surface area contributed by atoms with Crippen molar-refractivity contribution in [3.63, 3.8) is 0 Å². The third-order valence-electron chi connectivity index (χ3n) is 1.62. The van der Waals surface area contributed by atoms with Crippen LogP contribution in [-0.4, -0.2) is 5.75 Å². The lowest BCUT2D eigenvalue weighted by Gasteiger charge is -2.01. The van der Waals surface area contributed by atoms with Crippen LogP contribution in [0.25, 0.3) is 0 Å². The van der Waals surface area contributed by atoms with E-state index in [1.807, 2.05) is 12.1 Å². The summed E-state index contributed by atoms with van der Waals surface area (Å²) in [5.41, 5.74) is 1.07. The van der Waals surface area contributed by atoms with Gasteiger partial charge in [-0.25, -0.2) is 0 Å². The molecular formula is C10H8BrClF2S. The van der Waals surface area contributed by atoms with E-state index in [9.17, 15) is 8.78 Å². The minimum atomic E-state index is -1.65. The second-order valence-corrected chi connectivity index (χ2v) is 5.16. The molecule has 0 aliphatic carbocycles. The van der Waals surface area contributed by atoms with Crippen molar-refractivity contribution in [3.8, 4) is 0 Å². The Kier molecular flexibility index (Phi) is 5.64. The molecule has 0 amide bonds. The third kappa shape index (κ3) is 5.00. The highest BCUT2D eigenvalue weighted by atomic mass is 79.9. The van der Waals surface area contributed by atoms with Crippen LogP contribution in [0.1, 0.15) is 5.56 Å². The quantitative estimate of drug-likeness (QED) is 0.747. The lowest BCUT2D eigenvalue weighted by atomic mass is 10.2. The van der Waals surface area contributed by atoms with E-state index in [4.69, 9.17) is 11.6 Å². The molecule has 1 aromatic rings. The van der Waals surface area contributed by atoms with Crippen LogP contribution in [0.3, 0.4) is 0 Å². The summed E-state index contributed by atoms with van der Waals surface area (Å²) in [5, 5.41) is 0.680. The van der Waals surface area contributed by atoms with Crippen LogP contribution in [0, 0.1) is 0 Å². The molecule has 82 valence electrons. The van der Waals surface area contributed by atoms with E-state index < -0.39 is 6.08 Å². The van der Waals surface area contributed by atoms with Crippen molar-refractivity contribution in [3.05, 3.63) is 45.4 Å². The third-order valence-corrected chi connectivity index (χ3v) is 3.85. The Morgan fingerprint density at radius 2 is 1.87 bits per heavy atom. The van der Waals surface area contributed by atoms with Gasteiger partial charge >= 0.3 is 0 Å². The van der Waals surface area contributed by atoms with E-state index in [1.54, 1.807) is 12.1 Å². The first-order valence-corrected chi connectivity index (χ1v) is 6.44. The van der Waals surface area contributed by atoms with Gasteiger partial charge in [0.1, 0.15) is 0 Å². The molecule has 5 heteroatoms. The second kappa shape index (κ2) is 6.51. The minimum Gasteiger partial charge on any atom is -0.172 e. The molecule has 0 bridgehead atoms. The van der Waals surface area contributed by atoms with E-state index in [1.165, 1.54) is 11.8 Å². The fourth-order valence-electron chi connectivity index (χ4n) is 0.894. The summed E-state index contributed by atoms with van der Waals surface area (Å²) in [6.07, 6.45) is -1.65. The predicted octanol–water partition coefficient (Wildman–Crippen LogP) is 5.08. The van der Waals surface area contributed by atoms with Gasteiger partial charge in [0.05, 0.1) is 4.48 Å². The highest BCUT2D eigenvalue weighted by Crippen LogP contribution is 2.23. The van der Waals surface area contributed by atoms with Crippen molar-refractivity contribution in [2.24, 2.45) is 0 Å². The monoisotopic (exact) mass is 312 g/mol. The standard InChI is InChI=1S/C10H8BrClF2S/c11-9(10(13)14)6-15-5-7-1-3-8(12)4-2-7/h1-4H,5-6H2. The Bertz CT molecular complexity index is 347. The largest absolute Gasteiger partial charge is 0.281 e. The van der Waals surface area contributed by atoms with Gasteiger partial charge < -0.3 is 0 Å². The van der Waals surface area contributed by atoms with Gasteiger partial charge in [0.25, 0.3) is 6.08 Å². The van der Waals surface area contributed by atoms with Crippen LogP contribution >= 0.6 is 39.3 Å². The molecule has 0 N–H and O–H groups in total. The Morgan fingerprint density at radius 3 is 2.40 bits per heavy atom. The summed E-state index contributed by atoms with van der Waals surface area (Å²) in [4.78, 5) is 0. The molecule has 15 heavy (non-hydrogen) atoms. The molecule has 0 aromatic heterocycles. The zero-order chi connectivity index (χ0) is 11.3. The van der Waals surface area contributed by atoms with Gasteiger partial charge in [-0.05, 0) is 33.6 Å². The molecule has 0 aliphatic heterocycles. The first-order valence-electron chi connectivity index (χ1n) is 4.11. The molecule has 0 aliphatic rings. The number of halogens is 4. The van der Waals surface area contributed by atoms with Crippen LogP contribution < -0.4 is 0 Å². The lowest BCUT2D eigenvalue weighted by Crippen LogP contribution is -1.84. The predicted molar refractivity (Wildman–Crippen MR) is 65.8 cm³/mol. The van der Waals surface area contributed by atoms with Gasteiger partial charge in [-0.1, -0.05) is 23.7 Å². The summed E-state index contributed by atoms with van der Waals surface area (Å²) in [6, 6.07) is 7.35. The molecule has 0 spiro atoms. The van der Waals surface area contributed by atoms with E-state index in [-0.39, 0.29) is 10.2 Å². The Hall–Kier alpha value is -0.0600. The van der Waals surface area contributed by atoms with Crippen LogP contribution in [0.15, 0.2) is 34.8 Å². The normalized spacial score (nSPS) is 10.1. The average molecular weight is 314 g/mol. The van der Waals surface area contributed by atoms with Gasteiger partial charge in [0.2, 0.25) is 0 Å². The van der Waals surface area contributed by atoms with Gasteiger partial charge in [0, 0.05) is 16.5 Å². The van der Waals surface area contributed by atoms with E-state index >= 15 is 0 Å². The zero-order valence-corrected chi connectivity index (χ0v) is 10.8. The summed E-state index contributed by atoms with van der Waals surface area (Å²) >= 11 is 9.95. The lowest BCUT2D eigenvalue weighted by molar-refractivity contribution is 0.419. The second-order valence-electron chi connectivity index (χ2n) is 2.78. The average Bonchev–Trinajstić information content (AvgIpc) is 2.20. The van der Waals surface area contributed by atoms with Crippen molar-refractivity contribution in [2.75, 3.05) is 5.75 Å². The van der Waals surface area contributed by atoms with E-state index in [0.717, 1.165) is 5.56 Å². The van der Waals surface area contributed by atoms with Crippen molar-refractivity contribution in [1.29, 1.82) is 0 Å². The summed E-state index contributed by atoms with van der Waals surface area (Å²) in [7, 11) is 0. The van der Waals surface area contributed by atoms with Gasteiger partial charge in [-0.3, -0.25) is 0 Å². The topological polar surface area (TPSA) is 0 Å². The molecule has 0 nitrogen and oxygen atoms in total. The van der Waals surface area contributed by atoms with Gasteiger partial charge in [0.15, 0.2) is 0 Å². The summed E-state index contributed by atoms with van der Waals surface area (Å²) in [5.74, 6) is 0.977. The molecule has 0 saturated heterocycles. The molecule has 1 aromatic carbocycles. The smallest absolute Gasteiger partial charge is 0.172 e. The number of hydrogen-bond acceptors (Lipinski definition) is 1. The molecule has 0 heterocycles.